The zero-order valence-corrected chi connectivity index (χ0v) is 16.1. The van der Waals surface area contributed by atoms with Gasteiger partial charge in [0.15, 0.2) is 5.75 Å². The first-order valence-electron chi connectivity index (χ1n) is 8.07. The zero-order valence-electron chi connectivity index (χ0n) is 13.8. The molecule has 0 spiro atoms. The average molecular weight is 424 g/mol. The van der Waals surface area contributed by atoms with Gasteiger partial charge in [-0.3, -0.25) is 10.1 Å². The number of amides is 1. The van der Waals surface area contributed by atoms with Gasteiger partial charge in [0, 0.05) is 5.02 Å². The van der Waals surface area contributed by atoms with E-state index in [0.717, 1.165) is 11.1 Å². The molecule has 0 saturated carbocycles. The maximum atomic E-state index is 11.9. The monoisotopic (exact) mass is 422 g/mol. The van der Waals surface area contributed by atoms with Gasteiger partial charge >= 0.3 is 0 Å². The molecular formula is C18H13Cl3N4O2. The van der Waals surface area contributed by atoms with Crippen LogP contribution in [0.3, 0.4) is 0 Å². The van der Waals surface area contributed by atoms with Gasteiger partial charge in [0.1, 0.15) is 12.9 Å². The van der Waals surface area contributed by atoms with Crippen molar-refractivity contribution in [3.05, 3.63) is 68.9 Å². The van der Waals surface area contributed by atoms with E-state index in [0.29, 0.717) is 33.4 Å². The normalized spacial score (nSPS) is 16.0. The molecule has 0 aliphatic carbocycles. The second-order valence-corrected chi connectivity index (χ2v) is 7.28. The van der Waals surface area contributed by atoms with E-state index in [4.69, 9.17) is 39.5 Å². The Morgan fingerprint density at radius 3 is 2.56 bits per heavy atom. The number of anilines is 1. The summed E-state index contributed by atoms with van der Waals surface area (Å²) in [6, 6.07) is 10.4. The molecule has 0 saturated heterocycles. The number of hydrogen-bond donors (Lipinski definition) is 1. The van der Waals surface area contributed by atoms with Crippen LogP contribution in [-0.2, 0) is 11.4 Å². The lowest BCUT2D eigenvalue weighted by atomic mass is 10.0. The Labute approximate surface area is 170 Å². The van der Waals surface area contributed by atoms with Gasteiger partial charge in [0.25, 0.3) is 0 Å². The van der Waals surface area contributed by atoms with Gasteiger partial charge in [-0.25, -0.2) is 4.68 Å². The van der Waals surface area contributed by atoms with E-state index in [9.17, 15) is 4.79 Å². The Morgan fingerprint density at radius 1 is 1.15 bits per heavy atom. The Hall–Kier alpha value is -2.28. The van der Waals surface area contributed by atoms with Crippen molar-refractivity contribution in [3.63, 3.8) is 0 Å². The number of carbonyl (C=O) groups is 1. The summed E-state index contributed by atoms with van der Waals surface area (Å²) >= 11 is 18.7. The Bertz CT molecular complexity index is 981. The first-order valence-corrected chi connectivity index (χ1v) is 9.20. The van der Waals surface area contributed by atoms with Crippen molar-refractivity contribution in [3.8, 4) is 5.75 Å². The zero-order chi connectivity index (χ0) is 19.0. The third-order valence-corrected chi connectivity index (χ3v) is 5.01. The first-order chi connectivity index (χ1) is 13.0. The van der Waals surface area contributed by atoms with Crippen LogP contribution in [0.2, 0.25) is 15.1 Å². The Balaban J connectivity index is 1.59. The number of fused-ring (bicyclic) bond motifs is 1. The maximum Gasteiger partial charge on any atom is 0.229 e. The molecular weight excluding hydrogens is 411 g/mol. The summed E-state index contributed by atoms with van der Waals surface area (Å²) in [5.41, 5.74) is 1.69. The molecule has 1 amide bonds. The fourth-order valence-electron chi connectivity index (χ4n) is 2.91. The highest BCUT2D eigenvalue weighted by Crippen LogP contribution is 2.39. The number of aromatic nitrogens is 3. The van der Waals surface area contributed by atoms with Crippen LogP contribution in [0.4, 0.5) is 5.95 Å². The van der Waals surface area contributed by atoms with Crippen LogP contribution < -0.4 is 10.1 Å². The maximum absolute atomic E-state index is 11.9. The summed E-state index contributed by atoms with van der Waals surface area (Å²) in [6.45, 7) is 0.301. The van der Waals surface area contributed by atoms with E-state index >= 15 is 0 Å². The number of halogens is 3. The summed E-state index contributed by atoms with van der Waals surface area (Å²) in [5, 5.41) is 8.23. The molecule has 1 aromatic heterocycles. The minimum Gasteiger partial charge on any atom is -0.486 e. The second kappa shape index (κ2) is 7.38. The number of ether oxygens (including phenoxy) is 1. The van der Waals surface area contributed by atoms with Crippen molar-refractivity contribution < 1.29 is 9.53 Å². The van der Waals surface area contributed by atoms with Crippen LogP contribution in [-0.4, -0.2) is 20.7 Å². The molecule has 9 heteroatoms. The first kappa shape index (κ1) is 18.1. The molecule has 0 radical (unpaired) electrons. The van der Waals surface area contributed by atoms with Gasteiger partial charge in [-0.15, -0.1) is 0 Å². The molecule has 4 rings (SSSR count). The number of hydrogen-bond acceptors (Lipinski definition) is 4. The SMILES string of the molecule is O=C1CC(c2cc(Cl)c(OCc3ccc(Cl)cc3)c(Cl)c2)n2ncnc2N1. The third-order valence-electron chi connectivity index (χ3n) is 4.20. The summed E-state index contributed by atoms with van der Waals surface area (Å²) in [6.07, 6.45) is 1.61. The van der Waals surface area contributed by atoms with Crippen LogP contribution in [0.15, 0.2) is 42.7 Å². The largest absolute Gasteiger partial charge is 0.486 e. The van der Waals surface area contributed by atoms with E-state index < -0.39 is 0 Å². The van der Waals surface area contributed by atoms with E-state index in [1.807, 2.05) is 12.1 Å². The molecule has 0 bridgehead atoms. The van der Waals surface area contributed by atoms with E-state index in [1.54, 1.807) is 28.9 Å². The standard InChI is InChI=1S/C18H13Cl3N4O2/c19-12-3-1-10(2-4-12)8-27-17-13(20)5-11(6-14(17)21)15-7-16(26)24-18-22-9-23-25(15)18/h1-6,9,15H,7-8H2,(H,22,23,24,26). The predicted octanol–water partition coefficient (Wildman–Crippen LogP) is 4.75. The quantitative estimate of drug-likeness (QED) is 0.657. The van der Waals surface area contributed by atoms with Gasteiger partial charge in [0.05, 0.1) is 22.5 Å². The minimum atomic E-state index is -0.337. The lowest BCUT2D eigenvalue weighted by Gasteiger charge is -2.24. The molecule has 2 heterocycles. The van der Waals surface area contributed by atoms with Crippen molar-refractivity contribution >= 4 is 46.7 Å². The molecule has 27 heavy (non-hydrogen) atoms. The van der Waals surface area contributed by atoms with Gasteiger partial charge < -0.3 is 4.74 Å². The Kier molecular flexibility index (Phi) is 4.95. The van der Waals surface area contributed by atoms with Crippen LogP contribution in [0.1, 0.15) is 23.6 Å². The number of nitrogens with zero attached hydrogens (tertiary/aromatic N) is 3. The number of rotatable bonds is 4. The summed E-state index contributed by atoms with van der Waals surface area (Å²) < 4.78 is 7.43. The minimum absolute atomic E-state index is 0.143. The molecule has 138 valence electrons. The number of nitrogens with one attached hydrogen (secondary N) is 1. The lowest BCUT2D eigenvalue weighted by Crippen LogP contribution is -2.29. The highest BCUT2D eigenvalue weighted by atomic mass is 35.5. The molecule has 1 atom stereocenters. The topological polar surface area (TPSA) is 69.0 Å². The lowest BCUT2D eigenvalue weighted by molar-refractivity contribution is -0.117. The highest BCUT2D eigenvalue weighted by molar-refractivity contribution is 6.37. The van der Waals surface area contributed by atoms with Crippen molar-refractivity contribution in [2.45, 2.75) is 19.1 Å². The van der Waals surface area contributed by atoms with E-state index in [-0.39, 0.29) is 18.4 Å². The van der Waals surface area contributed by atoms with Gasteiger partial charge in [0.2, 0.25) is 11.9 Å². The van der Waals surface area contributed by atoms with Crippen molar-refractivity contribution in [2.24, 2.45) is 0 Å². The number of benzene rings is 2. The number of carbonyl (C=O) groups excluding carboxylic acids is 1. The summed E-state index contributed by atoms with van der Waals surface area (Å²) in [4.78, 5) is 16.0. The molecule has 1 aliphatic rings. The van der Waals surface area contributed by atoms with Gasteiger partial charge in [-0.2, -0.15) is 10.1 Å². The fraction of sp³-hybridized carbons (Fsp3) is 0.167. The van der Waals surface area contributed by atoms with Crippen LogP contribution in [0.5, 0.6) is 5.75 Å². The second-order valence-electron chi connectivity index (χ2n) is 6.03. The molecule has 1 aliphatic heterocycles. The summed E-state index contributed by atoms with van der Waals surface area (Å²) in [7, 11) is 0. The highest BCUT2D eigenvalue weighted by Gasteiger charge is 2.28. The summed E-state index contributed by atoms with van der Waals surface area (Å²) in [5.74, 6) is 0.637. The van der Waals surface area contributed by atoms with E-state index in [1.165, 1.54) is 6.33 Å². The van der Waals surface area contributed by atoms with Gasteiger partial charge in [-0.1, -0.05) is 46.9 Å². The Morgan fingerprint density at radius 2 is 1.85 bits per heavy atom. The molecule has 1 unspecified atom stereocenters. The molecule has 6 nitrogen and oxygen atoms in total. The van der Waals surface area contributed by atoms with Gasteiger partial charge in [-0.05, 0) is 35.4 Å². The molecule has 1 N–H and O–H groups in total. The fourth-order valence-corrected chi connectivity index (χ4v) is 3.65. The van der Waals surface area contributed by atoms with Crippen molar-refractivity contribution in [1.82, 2.24) is 14.8 Å². The van der Waals surface area contributed by atoms with Crippen molar-refractivity contribution in [1.29, 1.82) is 0 Å². The molecule has 3 aromatic rings. The third kappa shape index (κ3) is 3.74. The average Bonchev–Trinajstić information content (AvgIpc) is 3.10. The van der Waals surface area contributed by atoms with Crippen molar-refractivity contribution in [2.75, 3.05) is 5.32 Å². The predicted molar refractivity (Wildman–Crippen MR) is 104 cm³/mol. The van der Waals surface area contributed by atoms with Crippen LogP contribution >= 0.6 is 34.8 Å². The van der Waals surface area contributed by atoms with E-state index in [2.05, 4.69) is 15.4 Å². The molecule has 2 aromatic carbocycles. The molecule has 0 fully saturated rings. The smallest absolute Gasteiger partial charge is 0.229 e. The van der Waals surface area contributed by atoms with Crippen LogP contribution in [0, 0.1) is 0 Å². The van der Waals surface area contributed by atoms with Crippen LogP contribution in [0.25, 0.3) is 0 Å².